The molecule has 4 aromatic rings. The Labute approximate surface area is 376 Å². The second kappa shape index (κ2) is 24.6. The summed E-state index contributed by atoms with van der Waals surface area (Å²) >= 11 is 91.2. The van der Waals surface area contributed by atoms with Gasteiger partial charge in [-0.25, -0.2) is 0 Å². The first kappa shape index (κ1) is 51.1. The smallest absolute Gasteiger partial charge is 0.0797 e. The Bertz CT molecular complexity index is 1500. The molecule has 0 spiro atoms. The van der Waals surface area contributed by atoms with Gasteiger partial charge in [0.05, 0.1) is 107 Å². The van der Waals surface area contributed by atoms with Crippen molar-refractivity contribution in [2.75, 3.05) is 0 Å². The zero-order valence-electron chi connectivity index (χ0n) is 23.5. The fourth-order valence-corrected chi connectivity index (χ4v) is 6.56. The fraction of sp³-hybridized carbons (Fsp3) is 0.143. The summed E-state index contributed by atoms with van der Waals surface area (Å²) in [4.78, 5) is 0. The van der Waals surface area contributed by atoms with Crippen LogP contribution in [0.25, 0.3) is 0 Å². The molecule has 0 aliphatic rings. The van der Waals surface area contributed by atoms with Crippen LogP contribution < -0.4 is 0 Å². The number of hydrogen-bond donors (Lipinski definition) is 4. The second-order valence-electron chi connectivity index (χ2n) is 8.47. The molecular formula is C28H16Cl16O4Ti. The third-order valence-corrected chi connectivity index (χ3v) is 12.6. The van der Waals surface area contributed by atoms with Gasteiger partial charge in [0.25, 0.3) is 0 Å². The first-order valence-corrected chi connectivity index (χ1v) is 18.1. The molecule has 0 amide bonds. The zero-order chi connectivity index (χ0) is 37.2. The van der Waals surface area contributed by atoms with Crippen LogP contribution in [0.4, 0.5) is 0 Å². The summed E-state index contributed by atoms with van der Waals surface area (Å²) in [5.74, 6) is 0. The molecular weight excluding hydrogens is 1020 g/mol. The van der Waals surface area contributed by atoms with Crippen LogP contribution in [-0.4, -0.2) is 20.4 Å². The third kappa shape index (κ3) is 14.3. The van der Waals surface area contributed by atoms with Gasteiger partial charge in [0.2, 0.25) is 0 Å². The SMILES string of the molecule is OCc1cc(Cl)c(Cl)c(Cl)c1Cl.OCc1cc(Cl)c(Cl)c(Cl)c1Cl.OCc1cc(Cl)c(Cl)c(Cl)c1Cl.OCc1cc(Cl)c(Cl)c(Cl)c1Cl.[Ti]. The van der Waals surface area contributed by atoms with Gasteiger partial charge in [0.1, 0.15) is 0 Å². The molecule has 4 N–H and O–H groups in total. The quantitative estimate of drug-likeness (QED) is 0.0933. The molecule has 0 heterocycles. The summed E-state index contributed by atoms with van der Waals surface area (Å²) in [6.07, 6.45) is 0. The number of aliphatic hydroxyl groups is 4. The molecule has 0 aromatic heterocycles. The van der Waals surface area contributed by atoms with Crippen molar-refractivity contribution < 1.29 is 42.1 Å². The first-order valence-electron chi connectivity index (χ1n) is 12.0. The van der Waals surface area contributed by atoms with Crippen LogP contribution in [0.15, 0.2) is 24.3 Å². The summed E-state index contributed by atoms with van der Waals surface area (Å²) < 4.78 is 0. The Balaban J connectivity index is 0.000000623. The fourth-order valence-electron chi connectivity index (χ4n) is 2.95. The van der Waals surface area contributed by atoms with E-state index in [0.717, 1.165) is 0 Å². The summed E-state index contributed by atoms with van der Waals surface area (Å²) in [6.45, 7) is -0.851. The van der Waals surface area contributed by atoms with Crippen molar-refractivity contribution in [3.05, 3.63) is 127 Å². The molecule has 0 aliphatic carbocycles. The molecule has 0 fully saturated rings. The Morgan fingerprint density at radius 3 is 0.531 bits per heavy atom. The average molecular weight is 1030 g/mol. The van der Waals surface area contributed by atoms with Crippen LogP contribution in [0.3, 0.4) is 0 Å². The molecule has 0 aliphatic heterocycles. The Kier molecular flexibility index (Phi) is 25.6. The van der Waals surface area contributed by atoms with E-state index >= 15 is 0 Å². The van der Waals surface area contributed by atoms with Gasteiger partial charge in [-0.05, 0) is 46.5 Å². The molecule has 21 heteroatoms. The van der Waals surface area contributed by atoms with Crippen LogP contribution in [0.5, 0.6) is 0 Å². The molecule has 0 saturated heterocycles. The topological polar surface area (TPSA) is 80.9 Å². The number of halogens is 16. The van der Waals surface area contributed by atoms with Crippen molar-refractivity contribution >= 4 is 186 Å². The molecule has 4 nitrogen and oxygen atoms in total. The minimum Gasteiger partial charge on any atom is -0.392 e. The van der Waals surface area contributed by atoms with E-state index in [-0.39, 0.29) is 129 Å². The van der Waals surface area contributed by atoms with Gasteiger partial charge in [-0.3, -0.25) is 0 Å². The van der Waals surface area contributed by atoms with E-state index in [1.165, 1.54) is 24.3 Å². The van der Waals surface area contributed by atoms with Crippen molar-refractivity contribution in [1.82, 2.24) is 0 Å². The predicted molar refractivity (Wildman–Crippen MR) is 210 cm³/mol. The van der Waals surface area contributed by atoms with Gasteiger partial charge >= 0.3 is 0 Å². The van der Waals surface area contributed by atoms with E-state index in [0.29, 0.717) is 22.3 Å². The van der Waals surface area contributed by atoms with Crippen molar-refractivity contribution in [1.29, 1.82) is 0 Å². The van der Waals surface area contributed by atoms with E-state index in [4.69, 9.17) is 206 Å². The first-order chi connectivity index (χ1) is 22.3. The van der Waals surface area contributed by atoms with Gasteiger partial charge in [0.15, 0.2) is 0 Å². The zero-order valence-corrected chi connectivity index (χ0v) is 37.1. The van der Waals surface area contributed by atoms with Crippen LogP contribution in [0.1, 0.15) is 22.3 Å². The number of benzene rings is 4. The van der Waals surface area contributed by atoms with Crippen LogP contribution in [-0.2, 0) is 48.1 Å². The van der Waals surface area contributed by atoms with E-state index in [1.54, 1.807) is 0 Å². The number of hydrogen-bond acceptors (Lipinski definition) is 4. The predicted octanol–water partition coefficient (Wildman–Crippen LogP) is 15.2. The van der Waals surface area contributed by atoms with Crippen LogP contribution in [0, 0.1) is 0 Å². The van der Waals surface area contributed by atoms with Crippen molar-refractivity contribution in [3.63, 3.8) is 0 Å². The summed E-state index contributed by atoms with van der Waals surface area (Å²) in [5.41, 5.74) is 1.87. The maximum Gasteiger partial charge on any atom is 0.0797 e. The minimum atomic E-state index is -0.213. The maximum atomic E-state index is 8.81. The van der Waals surface area contributed by atoms with Gasteiger partial charge in [-0.1, -0.05) is 186 Å². The standard InChI is InChI=1S/4C7H4Cl4O.Ti/c4*8-4-1-3(2-12)5(9)7(11)6(4)10;/h4*1,12H,2H2;. The number of rotatable bonds is 4. The van der Waals surface area contributed by atoms with E-state index < -0.39 is 0 Å². The Hall–Kier alpha value is 2.07. The molecule has 0 atom stereocenters. The summed E-state index contributed by atoms with van der Waals surface area (Å²) in [7, 11) is 0. The molecule has 4 aromatic carbocycles. The van der Waals surface area contributed by atoms with Gasteiger partial charge in [0, 0.05) is 21.7 Å². The monoisotopic (exact) mass is 1020 g/mol. The molecule has 268 valence electrons. The molecule has 0 saturated carbocycles. The molecule has 0 bridgehead atoms. The molecule has 0 radical (unpaired) electrons. The van der Waals surface area contributed by atoms with Gasteiger partial charge in [-0.15, -0.1) is 0 Å². The summed E-state index contributed by atoms with van der Waals surface area (Å²) in [6, 6.07) is 5.94. The van der Waals surface area contributed by atoms with Crippen LogP contribution in [0.2, 0.25) is 80.4 Å². The third-order valence-electron chi connectivity index (χ3n) is 5.39. The van der Waals surface area contributed by atoms with E-state index in [2.05, 4.69) is 0 Å². The van der Waals surface area contributed by atoms with Crippen molar-refractivity contribution in [2.45, 2.75) is 26.4 Å². The minimum absolute atomic E-state index is 0. The second-order valence-corrected chi connectivity index (χ2v) is 14.6. The van der Waals surface area contributed by atoms with Crippen molar-refractivity contribution in [3.8, 4) is 0 Å². The Morgan fingerprint density at radius 1 is 0.265 bits per heavy atom. The maximum absolute atomic E-state index is 8.81. The Morgan fingerprint density at radius 2 is 0.408 bits per heavy atom. The molecule has 49 heavy (non-hydrogen) atoms. The average Bonchev–Trinajstić information content (AvgIpc) is 3.08. The normalized spacial score (nSPS) is 10.2. The summed E-state index contributed by atoms with van der Waals surface area (Å²) in [5, 5.41) is 38.9. The van der Waals surface area contributed by atoms with Crippen molar-refractivity contribution in [2.24, 2.45) is 0 Å². The molecule has 0 unspecified atom stereocenters. The van der Waals surface area contributed by atoms with Crippen LogP contribution >= 0.6 is 186 Å². The van der Waals surface area contributed by atoms with Gasteiger partial charge < -0.3 is 20.4 Å². The van der Waals surface area contributed by atoms with Gasteiger partial charge in [-0.2, -0.15) is 0 Å². The van der Waals surface area contributed by atoms with E-state index in [1.807, 2.05) is 0 Å². The number of aliphatic hydroxyl groups excluding tert-OH is 4. The van der Waals surface area contributed by atoms with E-state index in [9.17, 15) is 0 Å². The molecule has 4 rings (SSSR count). The largest absolute Gasteiger partial charge is 0.392 e.